The molecule has 0 fully saturated rings. The molecule has 43 heavy (non-hydrogen) atoms. The standard InChI is InChI=1S/C40H37NOS/c1-39(2,3)26-18-22-28(23-19-26)41(29-24-20-27(21-25-29)40(4,5)6)35-17-11-16-34-36-32-14-9-7-12-30(32)31-13-8-10-15-33(31)38(36)43(42)37(34)35/h7-25H,1-6H3. The smallest absolute Gasteiger partial charge is 0.0890 e. The van der Waals surface area contributed by atoms with Gasteiger partial charge in [0.2, 0.25) is 0 Å². The van der Waals surface area contributed by atoms with Crippen molar-refractivity contribution >= 4 is 49.4 Å². The summed E-state index contributed by atoms with van der Waals surface area (Å²) in [6.07, 6.45) is 0. The predicted octanol–water partition coefficient (Wildman–Crippen LogP) is 11.2. The number of fused-ring (bicyclic) bond motifs is 8. The van der Waals surface area contributed by atoms with Gasteiger partial charge in [0.15, 0.2) is 0 Å². The van der Waals surface area contributed by atoms with Crippen molar-refractivity contribution in [3.63, 3.8) is 0 Å². The Balaban J connectivity index is 1.49. The largest absolute Gasteiger partial charge is 0.309 e. The molecule has 1 atom stereocenters. The summed E-state index contributed by atoms with van der Waals surface area (Å²) in [7, 11) is -1.36. The second kappa shape index (κ2) is 9.92. The van der Waals surface area contributed by atoms with E-state index in [1.54, 1.807) is 0 Å². The molecule has 6 aromatic carbocycles. The molecule has 6 aromatic rings. The molecule has 0 N–H and O–H groups in total. The molecule has 1 aliphatic rings. The van der Waals surface area contributed by atoms with Crippen LogP contribution in [0.2, 0.25) is 0 Å². The number of nitrogens with zero attached hydrogens (tertiary/aromatic N) is 1. The fourth-order valence-corrected chi connectivity index (χ4v) is 8.12. The maximum atomic E-state index is 14.8. The maximum Gasteiger partial charge on any atom is 0.0890 e. The van der Waals surface area contributed by atoms with Crippen LogP contribution in [0.3, 0.4) is 0 Å². The minimum absolute atomic E-state index is 0.0525. The molecule has 0 aliphatic carbocycles. The number of hydrogen-bond donors (Lipinski definition) is 0. The lowest BCUT2D eigenvalue weighted by Gasteiger charge is -2.29. The lowest BCUT2D eigenvalue weighted by atomic mass is 9.86. The summed E-state index contributed by atoms with van der Waals surface area (Å²) in [6.45, 7) is 13.4. The van der Waals surface area contributed by atoms with Crippen LogP contribution in [-0.4, -0.2) is 4.21 Å². The van der Waals surface area contributed by atoms with E-state index in [-0.39, 0.29) is 10.8 Å². The van der Waals surface area contributed by atoms with E-state index in [1.807, 2.05) is 0 Å². The van der Waals surface area contributed by atoms with Crippen LogP contribution in [0, 0.1) is 0 Å². The molecule has 0 bridgehead atoms. The highest BCUT2D eigenvalue weighted by Crippen LogP contribution is 2.53. The van der Waals surface area contributed by atoms with Crippen molar-refractivity contribution in [2.75, 3.05) is 4.90 Å². The summed E-state index contributed by atoms with van der Waals surface area (Å²) >= 11 is 0. The highest BCUT2D eigenvalue weighted by Gasteiger charge is 2.34. The Labute approximate surface area is 257 Å². The Bertz CT molecular complexity index is 1980. The van der Waals surface area contributed by atoms with E-state index >= 15 is 0 Å². The third-order valence-corrected chi connectivity index (χ3v) is 10.3. The summed E-state index contributed by atoms with van der Waals surface area (Å²) in [4.78, 5) is 4.08. The first-order chi connectivity index (χ1) is 20.5. The highest BCUT2D eigenvalue weighted by atomic mass is 32.2. The molecule has 0 aromatic heterocycles. The summed E-state index contributed by atoms with van der Waals surface area (Å²) in [5.74, 6) is 0. The third kappa shape index (κ3) is 4.49. The van der Waals surface area contributed by atoms with E-state index in [1.165, 1.54) is 16.5 Å². The second-order valence-corrected chi connectivity index (χ2v) is 15.0. The normalized spacial score (nSPS) is 14.6. The van der Waals surface area contributed by atoms with Crippen LogP contribution in [0.4, 0.5) is 17.1 Å². The van der Waals surface area contributed by atoms with Crippen LogP contribution in [0.5, 0.6) is 0 Å². The van der Waals surface area contributed by atoms with E-state index in [0.29, 0.717) is 0 Å². The van der Waals surface area contributed by atoms with Crippen molar-refractivity contribution in [1.82, 2.24) is 0 Å². The van der Waals surface area contributed by atoms with Crippen molar-refractivity contribution in [3.8, 4) is 11.1 Å². The fraction of sp³-hybridized carbons (Fsp3) is 0.200. The first-order valence-corrected chi connectivity index (χ1v) is 16.2. The molecule has 0 spiro atoms. The minimum Gasteiger partial charge on any atom is -0.309 e. The Kier molecular flexibility index (Phi) is 6.37. The van der Waals surface area contributed by atoms with Gasteiger partial charge in [-0.25, -0.2) is 4.21 Å². The van der Waals surface area contributed by atoms with E-state index in [4.69, 9.17) is 0 Å². The summed E-state index contributed by atoms with van der Waals surface area (Å²) < 4.78 is 14.8. The molecule has 2 nitrogen and oxygen atoms in total. The first kappa shape index (κ1) is 27.6. The molecular formula is C40H37NOS. The fourth-order valence-electron chi connectivity index (χ4n) is 6.41. The number of hydrogen-bond acceptors (Lipinski definition) is 2. The molecule has 7 rings (SSSR count). The number of benzene rings is 6. The quantitative estimate of drug-likeness (QED) is 0.194. The Morgan fingerprint density at radius 3 is 1.47 bits per heavy atom. The van der Waals surface area contributed by atoms with Crippen molar-refractivity contribution in [2.24, 2.45) is 0 Å². The average Bonchev–Trinajstić information content (AvgIpc) is 3.30. The Hall–Kier alpha value is -4.21. The van der Waals surface area contributed by atoms with E-state index in [9.17, 15) is 4.21 Å². The molecule has 1 heterocycles. The lowest BCUT2D eigenvalue weighted by Crippen LogP contribution is -2.15. The van der Waals surface area contributed by atoms with Crippen molar-refractivity contribution in [1.29, 1.82) is 0 Å². The molecule has 0 saturated heterocycles. The van der Waals surface area contributed by atoms with E-state index < -0.39 is 10.8 Å². The highest BCUT2D eigenvalue weighted by molar-refractivity contribution is 7.86. The molecule has 0 radical (unpaired) electrons. The second-order valence-electron chi connectivity index (χ2n) is 13.6. The van der Waals surface area contributed by atoms with Crippen molar-refractivity contribution < 1.29 is 4.21 Å². The van der Waals surface area contributed by atoms with Crippen molar-refractivity contribution in [3.05, 3.63) is 126 Å². The van der Waals surface area contributed by atoms with Crippen LogP contribution in [0.15, 0.2) is 125 Å². The topological polar surface area (TPSA) is 20.3 Å². The monoisotopic (exact) mass is 579 g/mol. The summed E-state index contributed by atoms with van der Waals surface area (Å²) in [6, 6.07) is 41.0. The predicted molar refractivity (Wildman–Crippen MR) is 184 cm³/mol. The molecule has 0 saturated carbocycles. The van der Waals surface area contributed by atoms with Gasteiger partial charge in [0, 0.05) is 22.5 Å². The van der Waals surface area contributed by atoms with Gasteiger partial charge in [-0.3, -0.25) is 0 Å². The first-order valence-electron chi connectivity index (χ1n) is 15.0. The molecular weight excluding hydrogens is 543 g/mol. The van der Waals surface area contributed by atoms with Crippen LogP contribution >= 0.6 is 0 Å². The van der Waals surface area contributed by atoms with Gasteiger partial charge >= 0.3 is 0 Å². The zero-order chi connectivity index (χ0) is 30.1. The molecule has 3 heteroatoms. The van der Waals surface area contributed by atoms with Gasteiger partial charge in [0.1, 0.15) is 0 Å². The van der Waals surface area contributed by atoms with Crippen LogP contribution in [-0.2, 0) is 21.6 Å². The van der Waals surface area contributed by atoms with Gasteiger partial charge in [0.25, 0.3) is 0 Å². The SMILES string of the molecule is CC(C)(C)c1ccc(N(c2ccc(C(C)(C)C)cc2)c2cccc3c2S(=O)c2c-3c3ccccc3c3ccccc23)cc1. The van der Waals surface area contributed by atoms with Gasteiger partial charge in [-0.15, -0.1) is 0 Å². The minimum atomic E-state index is -1.36. The molecule has 1 unspecified atom stereocenters. The zero-order valence-corrected chi connectivity index (χ0v) is 26.5. The zero-order valence-electron chi connectivity index (χ0n) is 25.7. The van der Waals surface area contributed by atoms with Gasteiger partial charge in [-0.05, 0) is 73.8 Å². The van der Waals surface area contributed by atoms with E-state index in [0.717, 1.165) is 54.1 Å². The van der Waals surface area contributed by atoms with Crippen LogP contribution in [0.25, 0.3) is 32.7 Å². The number of rotatable bonds is 3. The molecule has 1 aliphatic heterocycles. The lowest BCUT2D eigenvalue weighted by molar-refractivity contribution is 0.590. The van der Waals surface area contributed by atoms with Gasteiger partial charge in [-0.2, -0.15) is 0 Å². The number of anilines is 3. The Morgan fingerprint density at radius 1 is 0.488 bits per heavy atom. The molecule has 214 valence electrons. The maximum absolute atomic E-state index is 14.8. The van der Waals surface area contributed by atoms with E-state index in [2.05, 4.69) is 162 Å². The Morgan fingerprint density at radius 2 is 0.953 bits per heavy atom. The van der Waals surface area contributed by atoms with Crippen LogP contribution in [0.1, 0.15) is 52.7 Å². The average molecular weight is 580 g/mol. The third-order valence-electron chi connectivity index (χ3n) is 8.74. The van der Waals surface area contributed by atoms with Gasteiger partial charge in [0.05, 0.1) is 26.3 Å². The summed E-state index contributed by atoms with van der Waals surface area (Å²) in [5, 5.41) is 4.55. The van der Waals surface area contributed by atoms with Crippen molar-refractivity contribution in [2.45, 2.75) is 62.2 Å². The van der Waals surface area contributed by atoms with Gasteiger partial charge in [-0.1, -0.05) is 126 Å². The summed E-state index contributed by atoms with van der Waals surface area (Å²) in [5.41, 5.74) is 7.87. The van der Waals surface area contributed by atoms with Gasteiger partial charge < -0.3 is 4.90 Å². The molecule has 0 amide bonds. The van der Waals surface area contributed by atoms with Crippen LogP contribution < -0.4 is 4.90 Å².